The van der Waals surface area contributed by atoms with Crippen molar-refractivity contribution in [3.8, 4) is 11.1 Å². The number of para-hydroxylation sites is 5. The Bertz CT molecular complexity index is 2780. The van der Waals surface area contributed by atoms with Crippen molar-refractivity contribution in [2.24, 2.45) is 0 Å². The minimum Gasteiger partial charge on any atom is -0.376 e. The summed E-state index contributed by atoms with van der Waals surface area (Å²) in [6, 6.07) is 67.0. The first kappa shape index (κ1) is 33.3. The Morgan fingerprint density at radius 2 is 0.946 bits per heavy atom. The van der Waals surface area contributed by atoms with Gasteiger partial charge in [-0.15, -0.1) is 0 Å². The highest BCUT2D eigenvalue weighted by Gasteiger charge is 2.46. The van der Waals surface area contributed by atoms with E-state index in [0.717, 1.165) is 17.1 Å². The smallest absolute Gasteiger partial charge is 0.333 e. The first-order chi connectivity index (χ1) is 27.6. The van der Waals surface area contributed by atoms with Crippen molar-refractivity contribution >= 4 is 86.8 Å². The largest absolute Gasteiger partial charge is 0.376 e. The summed E-state index contributed by atoms with van der Waals surface area (Å²) in [6.07, 6.45) is 0. The molecular weight excluding hydrogens is 718 g/mol. The predicted octanol–water partition coefficient (Wildman–Crippen LogP) is 13.1. The van der Waals surface area contributed by atoms with Crippen molar-refractivity contribution in [1.29, 1.82) is 0 Å². The van der Waals surface area contributed by atoms with Crippen molar-refractivity contribution in [1.82, 2.24) is 0 Å². The average molecular weight is 754 g/mol. The Hall–Kier alpha value is -6.08. The molecule has 3 aliphatic rings. The van der Waals surface area contributed by atoms with Gasteiger partial charge in [0, 0.05) is 70.6 Å². The quantitative estimate of drug-likeness (QED) is 0.161. The van der Waals surface area contributed by atoms with E-state index in [1.807, 2.05) is 23.5 Å². The lowest BCUT2D eigenvalue weighted by Gasteiger charge is -2.47. The van der Waals surface area contributed by atoms with Gasteiger partial charge in [0.2, 0.25) is 0 Å². The molecular formula is C50H36BN3S2. The Kier molecular flexibility index (Phi) is 7.90. The standard InChI is InChI=1S/C50H36BN3S2/c1-33-17-9-12-24-41(33)53-43-26-14-11-23-40(43)51-50-39(29-37(30-45(50)53)52(35-19-5-3-6-20-35)36-21-7-4-8-22-36)38-31-48-49(56-47-28-16-15-27-46(47)55-48)32-44(38)54(51)42-25-13-10-18-34(42)2/h3-32H,1-2H3. The van der Waals surface area contributed by atoms with Crippen molar-refractivity contribution in [3.05, 3.63) is 193 Å². The van der Waals surface area contributed by atoms with Gasteiger partial charge in [0.05, 0.1) is 0 Å². The first-order valence-corrected chi connectivity index (χ1v) is 20.8. The van der Waals surface area contributed by atoms with Crippen molar-refractivity contribution in [2.45, 2.75) is 33.4 Å². The molecule has 266 valence electrons. The summed E-state index contributed by atoms with van der Waals surface area (Å²) in [7, 11) is 0. The van der Waals surface area contributed by atoms with E-state index in [0.29, 0.717) is 0 Å². The van der Waals surface area contributed by atoms with Gasteiger partial charge >= 0.3 is 6.85 Å². The second-order valence-corrected chi connectivity index (χ2v) is 16.8. The molecule has 0 N–H and O–H groups in total. The zero-order valence-electron chi connectivity index (χ0n) is 31.1. The topological polar surface area (TPSA) is 9.72 Å². The van der Waals surface area contributed by atoms with Crippen LogP contribution >= 0.6 is 23.5 Å². The van der Waals surface area contributed by atoms with Crippen LogP contribution in [0.4, 0.5) is 45.5 Å². The Morgan fingerprint density at radius 3 is 1.59 bits per heavy atom. The molecule has 0 aromatic heterocycles. The number of hydrogen-bond donors (Lipinski definition) is 0. The molecule has 0 spiro atoms. The van der Waals surface area contributed by atoms with Gasteiger partial charge < -0.3 is 14.6 Å². The molecule has 0 bridgehead atoms. The maximum Gasteiger partial charge on any atom is 0.333 e. The van der Waals surface area contributed by atoms with Gasteiger partial charge in [0.15, 0.2) is 0 Å². The van der Waals surface area contributed by atoms with E-state index >= 15 is 0 Å². The number of aryl methyl sites for hydroxylation is 2. The van der Waals surface area contributed by atoms with Gasteiger partial charge in [-0.1, -0.05) is 127 Å². The molecule has 0 unspecified atom stereocenters. The Balaban J connectivity index is 1.27. The number of anilines is 8. The van der Waals surface area contributed by atoms with Crippen LogP contribution in [0, 0.1) is 13.8 Å². The van der Waals surface area contributed by atoms with Crippen LogP contribution in [-0.4, -0.2) is 6.85 Å². The number of benzene rings is 8. The summed E-state index contributed by atoms with van der Waals surface area (Å²) in [6.45, 7) is 4.42. The lowest BCUT2D eigenvalue weighted by atomic mass is 9.43. The fraction of sp³-hybridized carbons (Fsp3) is 0.0400. The third kappa shape index (κ3) is 5.24. The maximum absolute atomic E-state index is 2.64. The van der Waals surface area contributed by atoms with Gasteiger partial charge in [0.25, 0.3) is 0 Å². The minimum absolute atomic E-state index is 0.0624. The molecule has 6 heteroatoms. The fourth-order valence-corrected chi connectivity index (χ4v) is 11.1. The van der Waals surface area contributed by atoms with Gasteiger partial charge in [-0.2, -0.15) is 0 Å². The molecule has 0 aliphatic carbocycles. The third-order valence-corrected chi connectivity index (χ3v) is 13.8. The van der Waals surface area contributed by atoms with E-state index < -0.39 is 0 Å². The fourth-order valence-electron chi connectivity index (χ4n) is 8.82. The molecule has 0 atom stereocenters. The lowest BCUT2D eigenvalue weighted by Crippen LogP contribution is -2.61. The second-order valence-electron chi connectivity index (χ2n) is 14.6. The number of fused-ring (bicyclic) bond motifs is 6. The van der Waals surface area contributed by atoms with Gasteiger partial charge in [-0.05, 0) is 120 Å². The van der Waals surface area contributed by atoms with Gasteiger partial charge in [0.1, 0.15) is 0 Å². The van der Waals surface area contributed by atoms with Crippen LogP contribution in [0.2, 0.25) is 0 Å². The number of rotatable bonds is 5. The minimum atomic E-state index is -0.0624. The molecule has 8 aromatic rings. The van der Waals surface area contributed by atoms with E-state index in [-0.39, 0.29) is 6.85 Å². The molecule has 3 aliphatic heterocycles. The van der Waals surface area contributed by atoms with E-state index in [2.05, 4.69) is 210 Å². The lowest BCUT2D eigenvalue weighted by molar-refractivity contribution is 1.15. The zero-order valence-corrected chi connectivity index (χ0v) is 32.7. The highest BCUT2D eigenvalue weighted by atomic mass is 32.2. The summed E-state index contributed by atoms with van der Waals surface area (Å²) in [5.41, 5.74) is 17.0. The summed E-state index contributed by atoms with van der Waals surface area (Å²) >= 11 is 3.77. The summed E-state index contributed by atoms with van der Waals surface area (Å²) < 4.78 is 0. The molecule has 56 heavy (non-hydrogen) atoms. The van der Waals surface area contributed by atoms with Crippen LogP contribution in [0.3, 0.4) is 0 Å². The van der Waals surface area contributed by atoms with Crippen molar-refractivity contribution in [3.63, 3.8) is 0 Å². The van der Waals surface area contributed by atoms with Crippen LogP contribution in [0.1, 0.15) is 11.1 Å². The molecule has 0 saturated heterocycles. The number of nitrogens with zero attached hydrogens (tertiary/aromatic N) is 3. The second kappa shape index (κ2) is 13.3. The molecule has 0 fully saturated rings. The number of hydrogen-bond acceptors (Lipinski definition) is 5. The third-order valence-electron chi connectivity index (χ3n) is 11.3. The van der Waals surface area contributed by atoms with E-state index in [4.69, 9.17) is 0 Å². The molecule has 0 saturated carbocycles. The summed E-state index contributed by atoms with van der Waals surface area (Å²) in [4.78, 5) is 12.8. The Morgan fingerprint density at radius 1 is 0.411 bits per heavy atom. The first-order valence-electron chi connectivity index (χ1n) is 19.1. The highest BCUT2D eigenvalue weighted by Crippen LogP contribution is 2.55. The van der Waals surface area contributed by atoms with Crippen molar-refractivity contribution in [2.75, 3.05) is 14.6 Å². The highest BCUT2D eigenvalue weighted by molar-refractivity contribution is 8.05. The van der Waals surface area contributed by atoms with Gasteiger partial charge in [-0.25, -0.2) is 0 Å². The van der Waals surface area contributed by atoms with E-state index in [9.17, 15) is 0 Å². The monoisotopic (exact) mass is 753 g/mol. The Labute approximate surface area is 337 Å². The maximum atomic E-state index is 2.64. The van der Waals surface area contributed by atoms with E-state index in [1.165, 1.54) is 81.2 Å². The van der Waals surface area contributed by atoms with Crippen LogP contribution in [0.25, 0.3) is 11.1 Å². The van der Waals surface area contributed by atoms with Crippen molar-refractivity contribution < 1.29 is 0 Å². The molecule has 0 amide bonds. The average Bonchev–Trinajstić information content (AvgIpc) is 3.24. The van der Waals surface area contributed by atoms with Crippen LogP contribution in [0.5, 0.6) is 0 Å². The van der Waals surface area contributed by atoms with Crippen LogP contribution in [0.15, 0.2) is 202 Å². The van der Waals surface area contributed by atoms with Crippen LogP contribution < -0.4 is 25.5 Å². The summed E-state index contributed by atoms with van der Waals surface area (Å²) in [5.74, 6) is 0. The summed E-state index contributed by atoms with van der Waals surface area (Å²) in [5, 5.41) is 0. The molecule has 3 heterocycles. The molecule has 0 radical (unpaired) electrons. The molecule has 11 rings (SSSR count). The molecule has 3 nitrogen and oxygen atoms in total. The predicted molar refractivity (Wildman–Crippen MR) is 239 cm³/mol. The van der Waals surface area contributed by atoms with Crippen LogP contribution in [-0.2, 0) is 0 Å². The van der Waals surface area contributed by atoms with E-state index in [1.54, 1.807) is 0 Å². The SMILES string of the molecule is Cc1ccccc1N1B2c3ccccc3N(c3ccccc3C)c3cc(N(c4ccccc4)c4ccccc4)cc(c32)-c2cc3c(cc21)Sc1ccccc1S3. The van der Waals surface area contributed by atoms with Gasteiger partial charge in [-0.3, -0.25) is 0 Å². The zero-order chi connectivity index (χ0) is 37.3. The normalized spacial score (nSPS) is 13.3. The molecule has 8 aromatic carbocycles.